The van der Waals surface area contributed by atoms with Gasteiger partial charge in [-0.3, -0.25) is 4.79 Å². The molecule has 2 aliphatic rings. The molecule has 0 fully saturated rings. The highest BCUT2D eigenvalue weighted by molar-refractivity contribution is 6.02. The predicted molar refractivity (Wildman–Crippen MR) is 141 cm³/mol. The Balaban J connectivity index is 1.61. The van der Waals surface area contributed by atoms with Crippen LogP contribution in [-0.2, 0) is 21.7 Å². The second-order valence-corrected chi connectivity index (χ2v) is 13.3. The Bertz CT molecular complexity index is 1030. The van der Waals surface area contributed by atoms with Crippen LogP contribution in [0.15, 0.2) is 43.0 Å². The van der Waals surface area contributed by atoms with Crippen LogP contribution in [0.3, 0.4) is 0 Å². The Morgan fingerprint density at radius 3 is 1.45 bits per heavy atom. The molecule has 33 heavy (non-hydrogen) atoms. The zero-order valence-corrected chi connectivity index (χ0v) is 22.1. The molecule has 0 spiro atoms. The first-order valence-electron chi connectivity index (χ1n) is 12.7. The van der Waals surface area contributed by atoms with Gasteiger partial charge in [-0.15, -0.1) is 0 Å². The van der Waals surface area contributed by atoms with Crippen molar-refractivity contribution in [1.82, 2.24) is 0 Å². The average Bonchev–Trinajstić information content (AvgIpc) is 2.74. The largest absolute Gasteiger partial charge is 0.294 e. The van der Waals surface area contributed by atoms with Crippen molar-refractivity contribution in [2.24, 2.45) is 0 Å². The molecule has 0 saturated heterocycles. The van der Waals surface area contributed by atoms with Crippen molar-refractivity contribution in [3.05, 3.63) is 76.4 Å². The molecule has 2 aliphatic carbocycles. The molecule has 0 radical (unpaired) electrons. The number of hydrogen-bond donors (Lipinski definition) is 0. The van der Waals surface area contributed by atoms with Gasteiger partial charge in [-0.25, -0.2) is 0 Å². The lowest BCUT2D eigenvalue weighted by molar-refractivity contribution is 0.0998. The van der Waals surface area contributed by atoms with Gasteiger partial charge >= 0.3 is 0 Å². The molecule has 0 unspecified atom stereocenters. The molecule has 4 rings (SSSR count). The second kappa shape index (κ2) is 7.69. The van der Waals surface area contributed by atoms with Gasteiger partial charge in [0.2, 0.25) is 0 Å². The normalized spacial score (nSPS) is 21.6. The lowest BCUT2D eigenvalue weighted by atomic mass is 9.62. The number of Topliss-reactive ketones (excluding diaryl/α,β-unsaturated/α-hetero) is 1. The maximum absolute atomic E-state index is 13.3. The minimum absolute atomic E-state index is 0.106. The van der Waals surface area contributed by atoms with E-state index in [2.05, 4.69) is 92.3 Å². The number of rotatable bonds is 4. The van der Waals surface area contributed by atoms with Gasteiger partial charge in [-0.05, 0) is 86.8 Å². The summed E-state index contributed by atoms with van der Waals surface area (Å²) in [5.41, 5.74) is 9.07. The zero-order chi connectivity index (χ0) is 24.4. The predicted octanol–water partition coefficient (Wildman–Crippen LogP) is 8.67. The number of benzene rings is 2. The van der Waals surface area contributed by atoms with E-state index in [1.54, 1.807) is 0 Å². The highest BCUT2D eigenvalue weighted by Crippen LogP contribution is 2.47. The van der Waals surface area contributed by atoms with Crippen LogP contribution in [0.2, 0.25) is 0 Å². The van der Waals surface area contributed by atoms with Gasteiger partial charge in [0.15, 0.2) is 5.78 Å². The van der Waals surface area contributed by atoms with E-state index in [4.69, 9.17) is 0 Å². The smallest absolute Gasteiger partial charge is 0.167 e. The Morgan fingerprint density at radius 1 is 0.636 bits per heavy atom. The lowest BCUT2D eigenvalue weighted by Crippen LogP contribution is -2.34. The number of hydrogen-bond acceptors (Lipinski definition) is 1. The van der Waals surface area contributed by atoms with Crippen LogP contribution in [0, 0.1) is 0 Å². The van der Waals surface area contributed by atoms with E-state index >= 15 is 0 Å². The number of ketones is 1. The molecule has 0 aliphatic heterocycles. The van der Waals surface area contributed by atoms with Crippen LogP contribution in [-0.4, -0.2) is 5.78 Å². The zero-order valence-electron chi connectivity index (χ0n) is 22.1. The molecule has 176 valence electrons. The van der Waals surface area contributed by atoms with Gasteiger partial charge < -0.3 is 0 Å². The van der Waals surface area contributed by atoms with E-state index in [0.717, 1.165) is 23.1 Å². The Morgan fingerprint density at radius 2 is 1.00 bits per heavy atom. The fourth-order valence-corrected chi connectivity index (χ4v) is 5.97. The molecular formula is C32H42O. The van der Waals surface area contributed by atoms with Gasteiger partial charge in [0.05, 0.1) is 0 Å². The minimum atomic E-state index is 0.106. The fraction of sp³-hybridized carbons (Fsp3) is 0.531. The maximum atomic E-state index is 13.3. The molecule has 0 aromatic heterocycles. The molecule has 0 amide bonds. The van der Waals surface area contributed by atoms with Crippen molar-refractivity contribution in [3.63, 3.8) is 0 Å². The molecule has 2 aromatic carbocycles. The van der Waals surface area contributed by atoms with Gasteiger partial charge in [-0.1, -0.05) is 92.3 Å². The molecule has 0 heterocycles. The van der Waals surface area contributed by atoms with E-state index in [1.165, 1.54) is 41.5 Å². The summed E-state index contributed by atoms with van der Waals surface area (Å²) >= 11 is 0. The number of carbonyl (C=O) groups excluding carboxylic acids is 1. The van der Waals surface area contributed by atoms with Crippen LogP contribution in [0.1, 0.15) is 126 Å². The summed E-state index contributed by atoms with van der Waals surface area (Å²) in [5, 5.41) is 0. The standard InChI is InChI=1S/C32H42O/c1-21(22-10-12-24-26(19-22)31(6,7)16-14-29(24,2)3)18-28(33)23-11-13-25-27(20-23)32(8,9)17-15-30(25,4)5/h10-13,19-20H,1,14-18H2,2-9H3. The van der Waals surface area contributed by atoms with Gasteiger partial charge in [0.1, 0.15) is 0 Å². The molecular weight excluding hydrogens is 400 g/mol. The van der Waals surface area contributed by atoms with Crippen LogP contribution < -0.4 is 0 Å². The van der Waals surface area contributed by atoms with E-state index in [9.17, 15) is 4.79 Å². The average molecular weight is 443 g/mol. The van der Waals surface area contributed by atoms with Gasteiger partial charge in [0, 0.05) is 12.0 Å². The van der Waals surface area contributed by atoms with Crippen molar-refractivity contribution in [3.8, 4) is 0 Å². The fourth-order valence-electron chi connectivity index (χ4n) is 5.97. The Hall–Kier alpha value is -2.15. The van der Waals surface area contributed by atoms with Crippen molar-refractivity contribution in [1.29, 1.82) is 0 Å². The van der Waals surface area contributed by atoms with Crippen molar-refractivity contribution < 1.29 is 4.79 Å². The van der Waals surface area contributed by atoms with Gasteiger partial charge in [0.25, 0.3) is 0 Å². The Labute approximate surface area is 201 Å². The third-order valence-electron chi connectivity index (χ3n) is 8.81. The summed E-state index contributed by atoms with van der Waals surface area (Å²) in [6.07, 6.45) is 5.09. The Kier molecular flexibility index (Phi) is 5.59. The highest BCUT2D eigenvalue weighted by atomic mass is 16.1. The number of carbonyl (C=O) groups is 1. The molecule has 0 saturated carbocycles. The monoisotopic (exact) mass is 442 g/mol. The quantitative estimate of drug-likeness (QED) is 0.433. The van der Waals surface area contributed by atoms with E-state index in [1.807, 2.05) is 6.07 Å². The summed E-state index contributed by atoms with van der Waals surface area (Å²) in [6.45, 7) is 23.0. The number of allylic oxidation sites excluding steroid dienone is 1. The van der Waals surface area contributed by atoms with Crippen LogP contribution >= 0.6 is 0 Å². The maximum Gasteiger partial charge on any atom is 0.167 e. The van der Waals surface area contributed by atoms with E-state index in [0.29, 0.717) is 6.42 Å². The molecule has 0 N–H and O–H groups in total. The van der Waals surface area contributed by atoms with Crippen LogP contribution in [0.4, 0.5) is 0 Å². The third kappa shape index (κ3) is 4.25. The summed E-state index contributed by atoms with van der Waals surface area (Å²) in [4.78, 5) is 13.3. The van der Waals surface area contributed by atoms with Crippen molar-refractivity contribution in [2.45, 2.75) is 109 Å². The summed E-state index contributed by atoms with van der Waals surface area (Å²) in [5.74, 6) is 0.166. The first-order chi connectivity index (χ1) is 15.1. The highest BCUT2D eigenvalue weighted by Gasteiger charge is 2.38. The van der Waals surface area contributed by atoms with Crippen molar-refractivity contribution in [2.75, 3.05) is 0 Å². The first kappa shape index (κ1) is 24.0. The SMILES string of the molecule is C=C(CC(=O)c1ccc2c(c1)C(C)(C)CCC2(C)C)c1ccc2c(c1)C(C)(C)CCC2(C)C. The second-order valence-electron chi connectivity index (χ2n) is 13.3. The molecule has 2 aromatic rings. The summed E-state index contributed by atoms with van der Waals surface area (Å²) < 4.78 is 0. The lowest BCUT2D eigenvalue weighted by Gasteiger charge is -2.42. The molecule has 1 heteroatoms. The van der Waals surface area contributed by atoms with Gasteiger partial charge in [-0.2, -0.15) is 0 Å². The molecule has 0 atom stereocenters. The van der Waals surface area contributed by atoms with Crippen molar-refractivity contribution >= 4 is 11.4 Å². The third-order valence-corrected chi connectivity index (χ3v) is 8.81. The number of fused-ring (bicyclic) bond motifs is 2. The minimum Gasteiger partial charge on any atom is -0.294 e. The first-order valence-corrected chi connectivity index (χ1v) is 12.7. The molecule has 1 nitrogen and oxygen atoms in total. The summed E-state index contributed by atoms with van der Waals surface area (Å²) in [6, 6.07) is 13.2. The van der Waals surface area contributed by atoms with E-state index < -0.39 is 0 Å². The van der Waals surface area contributed by atoms with Crippen LogP contribution in [0.5, 0.6) is 0 Å². The topological polar surface area (TPSA) is 17.1 Å². The molecule has 0 bridgehead atoms. The van der Waals surface area contributed by atoms with Crippen LogP contribution in [0.25, 0.3) is 5.57 Å². The summed E-state index contributed by atoms with van der Waals surface area (Å²) in [7, 11) is 0. The van der Waals surface area contributed by atoms with E-state index in [-0.39, 0.29) is 27.4 Å².